The molecule has 5 nitrogen and oxygen atoms in total. The molecule has 1 atom stereocenters. The zero-order chi connectivity index (χ0) is 15.6. The minimum absolute atomic E-state index is 0.130. The first-order valence-electron chi connectivity index (χ1n) is 7.05. The highest BCUT2D eigenvalue weighted by Gasteiger charge is 2.16. The smallest absolute Gasteiger partial charge is 0.251 e. The van der Waals surface area contributed by atoms with Crippen LogP contribution in [0.4, 0.5) is 5.82 Å². The first kappa shape index (κ1) is 15.1. The zero-order valence-corrected chi connectivity index (χ0v) is 12.9. The maximum atomic E-state index is 12.3. The van der Waals surface area contributed by atoms with E-state index in [1.807, 2.05) is 33.8 Å². The van der Waals surface area contributed by atoms with Crippen molar-refractivity contribution in [2.45, 2.75) is 40.2 Å². The molecular weight excluding hydrogens is 266 g/mol. The van der Waals surface area contributed by atoms with Crippen LogP contribution >= 0.6 is 0 Å². The number of hydrogen-bond donors (Lipinski definition) is 2. The average molecular weight is 287 g/mol. The Labute approximate surface area is 124 Å². The summed E-state index contributed by atoms with van der Waals surface area (Å²) in [7, 11) is 0. The molecule has 0 aromatic carbocycles. The van der Waals surface area contributed by atoms with Crippen molar-refractivity contribution in [3.63, 3.8) is 0 Å². The normalized spacial score (nSPS) is 12.2. The lowest BCUT2D eigenvalue weighted by Gasteiger charge is -2.14. The number of aromatic nitrogens is 1. The molecule has 2 aromatic rings. The number of carbonyl (C=O) groups excluding carboxylic acids is 1. The van der Waals surface area contributed by atoms with Crippen LogP contribution in [0.3, 0.4) is 0 Å². The topological polar surface area (TPSA) is 81.2 Å². The molecule has 0 saturated carbocycles. The van der Waals surface area contributed by atoms with Gasteiger partial charge in [-0.2, -0.15) is 0 Å². The molecule has 0 radical (unpaired) electrons. The van der Waals surface area contributed by atoms with E-state index >= 15 is 0 Å². The molecule has 5 heteroatoms. The molecule has 0 bridgehead atoms. The van der Waals surface area contributed by atoms with Crippen molar-refractivity contribution in [2.24, 2.45) is 0 Å². The maximum absolute atomic E-state index is 12.3. The van der Waals surface area contributed by atoms with E-state index in [9.17, 15) is 4.79 Å². The molecule has 2 heterocycles. The van der Waals surface area contributed by atoms with Gasteiger partial charge in [0.1, 0.15) is 17.3 Å². The Morgan fingerprint density at radius 3 is 2.67 bits per heavy atom. The van der Waals surface area contributed by atoms with Crippen LogP contribution in [0, 0.1) is 13.8 Å². The van der Waals surface area contributed by atoms with Gasteiger partial charge in [0.2, 0.25) is 0 Å². The number of rotatable bonds is 4. The summed E-state index contributed by atoms with van der Waals surface area (Å²) in [5.41, 5.74) is 8.06. The van der Waals surface area contributed by atoms with E-state index in [1.165, 1.54) is 0 Å². The Morgan fingerprint density at radius 1 is 1.38 bits per heavy atom. The maximum Gasteiger partial charge on any atom is 0.251 e. The summed E-state index contributed by atoms with van der Waals surface area (Å²) in [5, 5.41) is 2.96. The Kier molecular flexibility index (Phi) is 4.31. The number of pyridine rings is 1. The van der Waals surface area contributed by atoms with Crippen molar-refractivity contribution in [2.75, 3.05) is 5.73 Å². The summed E-state index contributed by atoms with van der Waals surface area (Å²) in [6.45, 7) is 7.69. The Hall–Kier alpha value is -2.30. The van der Waals surface area contributed by atoms with Crippen molar-refractivity contribution in [3.05, 3.63) is 46.5 Å². The van der Waals surface area contributed by atoms with Gasteiger partial charge in [-0.25, -0.2) is 4.98 Å². The van der Waals surface area contributed by atoms with Crippen LogP contribution in [0.15, 0.2) is 22.6 Å². The molecule has 3 N–H and O–H groups in total. The second-order valence-corrected chi connectivity index (χ2v) is 5.19. The van der Waals surface area contributed by atoms with Gasteiger partial charge in [-0.1, -0.05) is 6.92 Å². The van der Waals surface area contributed by atoms with Gasteiger partial charge < -0.3 is 15.5 Å². The van der Waals surface area contributed by atoms with E-state index in [-0.39, 0.29) is 11.9 Å². The molecule has 0 aliphatic rings. The van der Waals surface area contributed by atoms with Crippen molar-refractivity contribution < 1.29 is 9.21 Å². The van der Waals surface area contributed by atoms with Gasteiger partial charge >= 0.3 is 0 Å². The first-order valence-corrected chi connectivity index (χ1v) is 7.05. The largest absolute Gasteiger partial charge is 0.466 e. The molecule has 1 unspecified atom stereocenters. The summed E-state index contributed by atoms with van der Waals surface area (Å²) >= 11 is 0. The number of carbonyl (C=O) groups is 1. The molecule has 1 amide bonds. The monoisotopic (exact) mass is 287 g/mol. The number of furan rings is 1. The molecule has 0 aliphatic heterocycles. The van der Waals surface area contributed by atoms with E-state index in [0.29, 0.717) is 11.4 Å². The number of nitrogen functional groups attached to an aromatic ring is 1. The van der Waals surface area contributed by atoms with E-state index in [1.54, 1.807) is 12.1 Å². The summed E-state index contributed by atoms with van der Waals surface area (Å²) in [5.74, 6) is 1.86. The zero-order valence-electron chi connectivity index (χ0n) is 12.9. The fraction of sp³-hybridized carbons (Fsp3) is 0.375. The van der Waals surface area contributed by atoms with Crippen LogP contribution in [-0.2, 0) is 6.42 Å². The van der Waals surface area contributed by atoms with Crippen LogP contribution < -0.4 is 11.1 Å². The van der Waals surface area contributed by atoms with E-state index in [4.69, 9.17) is 10.2 Å². The molecule has 112 valence electrons. The second-order valence-electron chi connectivity index (χ2n) is 5.19. The van der Waals surface area contributed by atoms with Gasteiger partial charge in [0, 0.05) is 16.8 Å². The lowest BCUT2D eigenvalue weighted by molar-refractivity contribution is 0.0939. The van der Waals surface area contributed by atoms with Crippen molar-refractivity contribution in [3.8, 4) is 0 Å². The highest BCUT2D eigenvalue weighted by atomic mass is 16.3. The summed E-state index contributed by atoms with van der Waals surface area (Å²) in [4.78, 5) is 16.5. The standard InChI is InChI=1S/C16H21N3O2/c1-5-13-7-12(8-15(17)19-13)16(20)18-10(3)14-6-9(2)21-11(14)4/h6-8,10H,5H2,1-4H3,(H2,17,19)(H,18,20). The molecule has 2 rings (SSSR count). The molecule has 0 fully saturated rings. The number of nitrogens with zero attached hydrogens (tertiary/aromatic N) is 1. The lowest BCUT2D eigenvalue weighted by atomic mass is 10.1. The van der Waals surface area contributed by atoms with E-state index in [0.717, 1.165) is 29.2 Å². The molecule has 21 heavy (non-hydrogen) atoms. The van der Waals surface area contributed by atoms with Crippen LogP contribution in [0.25, 0.3) is 0 Å². The van der Waals surface area contributed by atoms with Crippen LogP contribution in [0.5, 0.6) is 0 Å². The third-order valence-corrected chi connectivity index (χ3v) is 3.42. The summed E-state index contributed by atoms with van der Waals surface area (Å²) < 4.78 is 5.50. The SMILES string of the molecule is CCc1cc(C(=O)NC(C)c2cc(C)oc2C)cc(N)n1. The predicted octanol–water partition coefficient (Wildman–Crippen LogP) is 2.93. The van der Waals surface area contributed by atoms with Crippen molar-refractivity contribution in [1.82, 2.24) is 10.3 Å². The quantitative estimate of drug-likeness (QED) is 0.906. The van der Waals surface area contributed by atoms with Gasteiger partial charge in [-0.15, -0.1) is 0 Å². The van der Waals surface area contributed by atoms with Gasteiger partial charge in [0.15, 0.2) is 0 Å². The average Bonchev–Trinajstić information content (AvgIpc) is 2.76. The minimum atomic E-state index is -0.162. The van der Waals surface area contributed by atoms with Gasteiger partial charge in [0.05, 0.1) is 6.04 Å². The fourth-order valence-corrected chi connectivity index (χ4v) is 2.36. The number of aryl methyl sites for hydroxylation is 3. The fourth-order valence-electron chi connectivity index (χ4n) is 2.36. The predicted molar refractivity (Wildman–Crippen MR) is 82.1 cm³/mol. The molecule has 0 spiro atoms. The van der Waals surface area contributed by atoms with Gasteiger partial charge in [0.25, 0.3) is 5.91 Å². The Morgan fingerprint density at radius 2 is 2.10 bits per heavy atom. The molecule has 2 aromatic heterocycles. The second kappa shape index (κ2) is 5.99. The number of nitrogens with one attached hydrogen (secondary N) is 1. The van der Waals surface area contributed by atoms with Gasteiger partial charge in [-0.3, -0.25) is 4.79 Å². The van der Waals surface area contributed by atoms with E-state index in [2.05, 4.69) is 10.3 Å². The number of hydrogen-bond acceptors (Lipinski definition) is 4. The van der Waals surface area contributed by atoms with Crippen LogP contribution in [0.1, 0.15) is 53.0 Å². The van der Waals surface area contributed by atoms with E-state index < -0.39 is 0 Å². The van der Waals surface area contributed by atoms with Gasteiger partial charge in [-0.05, 0) is 45.4 Å². The summed E-state index contributed by atoms with van der Waals surface area (Å²) in [6.07, 6.45) is 0.737. The third-order valence-electron chi connectivity index (χ3n) is 3.42. The number of anilines is 1. The highest BCUT2D eigenvalue weighted by Crippen LogP contribution is 2.21. The molecule has 0 saturated heterocycles. The Balaban J connectivity index is 2.18. The lowest BCUT2D eigenvalue weighted by Crippen LogP contribution is -2.27. The summed E-state index contributed by atoms with van der Waals surface area (Å²) in [6, 6.07) is 5.17. The van der Waals surface area contributed by atoms with Crippen LogP contribution in [0.2, 0.25) is 0 Å². The van der Waals surface area contributed by atoms with Crippen molar-refractivity contribution >= 4 is 11.7 Å². The molecular formula is C16H21N3O2. The first-order chi connectivity index (χ1) is 9.90. The third kappa shape index (κ3) is 3.42. The number of amides is 1. The number of nitrogens with two attached hydrogens (primary N) is 1. The van der Waals surface area contributed by atoms with Crippen molar-refractivity contribution in [1.29, 1.82) is 0 Å². The van der Waals surface area contributed by atoms with Crippen LogP contribution in [-0.4, -0.2) is 10.9 Å². The highest BCUT2D eigenvalue weighted by molar-refractivity contribution is 5.95. The minimum Gasteiger partial charge on any atom is -0.466 e. The molecule has 0 aliphatic carbocycles. The Bertz CT molecular complexity index is 662.